The van der Waals surface area contributed by atoms with Crippen LogP contribution in [0.15, 0.2) is 66.9 Å². The zero-order valence-corrected chi connectivity index (χ0v) is 16.6. The Balaban J connectivity index is 1.50. The van der Waals surface area contributed by atoms with Gasteiger partial charge in [-0.2, -0.15) is 0 Å². The molecule has 0 saturated carbocycles. The van der Waals surface area contributed by atoms with E-state index in [1.54, 1.807) is 30.5 Å². The molecular formula is C22H20ClN5O. The average molecular weight is 406 g/mol. The lowest BCUT2D eigenvalue weighted by atomic mass is 10.1. The Labute approximate surface area is 173 Å². The Morgan fingerprint density at radius 1 is 1.10 bits per heavy atom. The molecule has 0 fully saturated rings. The van der Waals surface area contributed by atoms with Crippen LogP contribution in [0.5, 0.6) is 0 Å². The number of imidazole rings is 1. The fraction of sp³-hybridized carbons (Fsp3) is 0.136. The molecule has 29 heavy (non-hydrogen) atoms. The van der Waals surface area contributed by atoms with Crippen LogP contribution in [0.2, 0.25) is 5.02 Å². The summed E-state index contributed by atoms with van der Waals surface area (Å²) in [5.41, 5.74) is 4.46. The van der Waals surface area contributed by atoms with Crippen molar-refractivity contribution in [1.29, 1.82) is 0 Å². The fourth-order valence-electron chi connectivity index (χ4n) is 3.12. The first-order chi connectivity index (χ1) is 14.1. The second-order valence-corrected chi connectivity index (χ2v) is 7.13. The Kier molecular flexibility index (Phi) is 5.44. The van der Waals surface area contributed by atoms with Crippen LogP contribution < -0.4 is 10.6 Å². The molecule has 0 radical (unpaired) electrons. The van der Waals surface area contributed by atoms with Crippen LogP contribution >= 0.6 is 11.6 Å². The van der Waals surface area contributed by atoms with E-state index in [0.29, 0.717) is 23.8 Å². The van der Waals surface area contributed by atoms with Gasteiger partial charge in [-0.3, -0.25) is 0 Å². The minimum atomic E-state index is -0.290. The van der Waals surface area contributed by atoms with Crippen molar-refractivity contribution in [2.45, 2.75) is 13.5 Å². The number of amides is 2. The highest BCUT2D eigenvalue weighted by Crippen LogP contribution is 2.23. The van der Waals surface area contributed by atoms with E-state index in [2.05, 4.69) is 34.7 Å². The maximum atomic E-state index is 12.2. The normalized spacial score (nSPS) is 10.8. The first-order valence-electron chi connectivity index (χ1n) is 9.29. The Morgan fingerprint density at radius 3 is 2.72 bits per heavy atom. The molecule has 6 nitrogen and oxygen atoms in total. The van der Waals surface area contributed by atoms with Gasteiger partial charge in [0.05, 0.1) is 0 Å². The lowest BCUT2D eigenvalue weighted by molar-refractivity contribution is 0.251. The molecule has 0 aliphatic carbocycles. The molecule has 2 N–H and O–H groups in total. The lowest BCUT2D eigenvalue weighted by Crippen LogP contribution is -2.31. The van der Waals surface area contributed by atoms with E-state index in [1.165, 1.54) is 5.56 Å². The van der Waals surface area contributed by atoms with Gasteiger partial charge < -0.3 is 15.2 Å². The highest BCUT2D eigenvalue weighted by atomic mass is 35.5. The highest BCUT2D eigenvalue weighted by molar-refractivity contribution is 6.30. The lowest BCUT2D eigenvalue weighted by Gasteiger charge is -2.11. The number of benzene rings is 2. The van der Waals surface area contributed by atoms with Crippen molar-refractivity contribution in [3.8, 4) is 11.4 Å². The Morgan fingerprint density at radius 2 is 1.93 bits per heavy atom. The summed E-state index contributed by atoms with van der Waals surface area (Å²) in [6.45, 7) is 3.02. The van der Waals surface area contributed by atoms with Crippen LogP contribution in [-0.4, -0.2) is 27.1 Å². The number of halogens is 1. The first-order valence-corrected chi connectivity index (χ1v) is 9.67. The van der Waals surface area contributed by atoms with E-state index in [4.69, 9.17) is 16.6 Å². The fourth-order valence-corrected chi connectivity index (χ4v) is 3.31. The van der Waals surface area contributed by atoms with E-state index < -0.39 is 0 Å². The monoisotopic (exact) mass is 405 g/mol. The quantitative estimate of drug-likeness (QED) is 0.497. The predicted molar refractivity (Wildman–Crippen MR) is 116 cm³/mol. The van der Waals surface area contributed by atoms with Crippen LogP contribution in [0.3, 0.4) is 0 Å². The molecule has 7 heteroatoms. The molecular weight excluding hydrogens is 386 g/mol. The summed E-state index contributed by atoms with van der Waals surface area (Å²) in [4.78, 5) is 21.4. The van der Waals surface area contributed by atoms with Crippen LogP contribution in [0.1, 0.15) is 5.56 Å². The summed E-state index contributed by atoms with van der Waals surface area (Å²) in [6.07, 6.45) is 1.75. The van der Waals surface area contributed by atoms with Gasteiger partial charge in [-0.05, 0) is 37.3 Å². The molecule has 2 amide bonds. The van der Waals surface area contributed by atoms with Gasteiger partial charge in [0.15, 0.2) is 5.65 Å². The summed E-state index contributed by atoms with van der Waals surface area (Å²) >= 11 is 5.95. The van der Waals surface area contributed by atoms with Gasteiger partial charge in [-0.15, -0.1) is 0 Å². The number of carbonyl (C=O) groups excluding carboxylic acids is 1. The van der Waals surface area contributed by atoms with E-state index in [1.807, 2.05) is 28.8 Å². The molecule has 0 aliphatic heterocycles. The Bertz CT molecular complexity index is 1150. The van der Waals surface area contributed by atoms with Crippen LogP contribution in [0.4, 0.5) is 10.5 Å². The second-order valence-electron chi connectivity index (χ2n) is 6.69. The topological polar surface area (TPSA) is 71.8 Å². The standard InChI is InChI=1S/C22H20ClN5O/c1-15-7-9-16(10-8-15)20-27-19-6-3-11-24-21(19)28(20)13-12-25-22(29)26-18-5-2-4-17(23)14-18/h2-11,14H,12-13H2,1H3,(H2,25,26,29). The zero-order valence-electron chi connectivity index (χ0n) is 15.9. The van der Waals surface area contributed by atoms with Crippen molar-refractivity contribution < 1.29 is 4.79 Å². The maximum absolute atomic E-state index is 12.2. The third kappa shape index (κ3) is 4.38. The number of aryl methyl sites for hydroxylation is 1. The molecule has 0 aliphatic rings. The summed E-state index contributed by atoms with van der Waals surface area (Å²) < 4.78 is 2.03. The smallest absolute Gasteiger partial charge is 0.319 e. The van der Waals surface area contributed by atoms with Crippen LogP contribution in [0.25, 0.3) is 22.6 Å². The maximum Gasteiger partial charge on any atom is 0.319 e. The number of aromatic nitrogens is 3. The number of carbonyl (C=O) groups is 1. The van der Waals surface area contributed by atoms with Crippen molar-refractivity contribution in [3.63, 3.8) is 0 Å². The summed E-state index contributed by atoms with van der Waals surface area (Å²) in [5, 5.41) is 6.22. The number of anilines is 1. The third-order valence-electron chi connectivity index (χ3n) is 4.52. The predicted octanol–water partition coefficient (Wildman–Crippen LogP) is 4.88. The number of nitrogens with zero attached hydrogens (tertiary/aromatic N) is 3. The molecule has 146 valence electrons. The molecule has 2 aromatic heterocycles. The minimum absolute atomic E-state index is 0.290. The van der Waals surface area contributed by atoms with Gasteiger partial charge >= 0.3 is 6.03 Å². The van der Waals surface area contributed by atoms with Crippen LogP contribution in [-0.2, 0) is 6.54 Å². The van der Waals surface area contributed by atoms with Gasteiger partial charge in [0, 0.05) is 35.6 Å². The van der Waals surface area contributed by atoms with E-state index in [0.717, 1.165) is 22.6 Å². The minimum Gasteiger partial charge on any atom is -0.336 e. The molecule has 0 atom stereocenters. The van der Waals surface area contributed by atoms with Gasteiger partial charge in [-0.25, -0.2) is 14.8 Å². The van der Waals surface area contributed by atoms with Crippen molar-refractivity contribution in [2.75, 3.05) is 11.9 Å². The number of fused-ring (bicyclic) bond motifs is 1. The number of pyridine rings is 1. The average Bonchev–Trinajstić information content (AvgIpc) is 3.07. The summed E-state index contributed by atoms with van der Waals surface area (Å²) in [7, 11) is 0. The van der Waals surface area contributed by atoms with E-state index in [-0.39, 0.29) is 6.03 Å². The third-order valence-corrected chi connectivity index (χ3v) is 4.75. The SMILES string of the molecule is Cc1ccc(-c2nc3cccnc3n2CCNC(=O)Nc2cccc(Cl)c2)cc1. The van der Waals surface area contributed by atoms with Crippen LogP contribution in [0, 0.1) is 6.92 Å². The molecule has 2 heterocycles. The number of hydrogen-bond donors (Lipinski definition) is 2. The molecule has 0 spiro atoms. The molecule has 2 aromatic carbocycles. The number of rotatable bonds is 5. The van der Waals surface area contributed by atoms with Gasteiger partial charge in [-0.1, -0.05) is 47.5 Å². The van der Waals surface area contributed by atoms with Crippen molar-refractivity contribution in [1.82, 2.24) is 19.9 Å². The molecule has 4 rings (SSSR count). The van der Waals surface area contributed by atoms with Crippen molar-refractivity contribution >= 4 is 34.5 Å². The molecule has 4 aromatic rings. The molecule has 0 saturated heterocycles. The first kappa shape index (κ1) is 19.0. The Hall–Kier alpha value is -3.38. The number of hydrogen-bond acceptors (Lipinski definition) is 3. The molecule has 0 unspecified atom stereocenters. The van der Waals surface area contributed by atoms with Crippen molar-refractivity contribution in [2.24, 2.45) is 0 Å². The van der Waals surface area contributed by atoms with Gasteiger partial charge in [0.2, 0.25) is 0 Å². The van der Waals surface area contributed by atoms with E-state index in [9.17, 15) is 4.79 Å². The summed E-state index contributed by atoms with van der Waals surface area (Å²) in [5.74, 6) is 0.829. The number of urea groups is 1. The van der Waals surface area contributed by atoms with Crippen molar-refractivity contribution in [3.05, 3.63) is 77.4 Å². The van der Waals surface area contributed by atoms with Gasteiger partial charge in [0.1, 0.15) is 11.3 Å². The largest absolute Gasteiger partial charge is 0.336 e. The highest BCUT2D eigenvalue weighted by Gasteiger charge is 2.13. The zero-order chi connectivity index (χ0) is 20.2. The van der Waals surface area contributed by atoms with Gasteiger partial charge in [0.25, 0.3) is 0 Å². The number of nitrogens with one attached hydrogen (secondary N) is 2. The molecule has 0 bridgehead atoms. The summed E-state index contributed by atoms with van der Waals surface area (Å²) in [6, 6.07) is 18.8. The second kappa shape index (κ2) is 8.32. The van der Waals surface area contributed by atoms with E-state index >= 15 is 0 Å².